The van der Waals surface area contributed by atoms with Crippen molar-refractivity contribution in [3.05, 3.63) is 59.2 Å². The largest absolute Gasteiger partial charge is 0.508 e. The number of nitrogens with zero attached hydrogens (tertiary/aromatic N) is 1. The molecule has 7 heteroatoms. The van der Waals surface area contributed by atoms with Crippen LogP contribution in [0.25, 0.3) is 0 Å². The predicted molar refractivity (Wildman–Crippen MR) is 134 cm³/mol. The number of phenols is 1. The van der Waals surface area contributed by atoms with E-state index in [9.17, 15) is 13.5 Å². The Balaban J connectivity index is 1.70. The van der Waals surface area contributed by atoms with Gasteiger partial charge in [-0.15, -0.1) is 0 Å². The molecule has 2 aromatic carbocycles. The Morgan fingerprint density at radius 1 is 1.15 bits per heavy atom. The normalized spacial score (nSPS) is 24.2. The molecule has 3 atom stereocenters. The van der Waals surface area contributed by atoms with Crippen molar-refractivity contribution >= 4 is 10.0 Å². The summed E-state index contributed by atoms with van der Waals surface area (Å²) in [5.41, 5.74) is 3.72. The van der Waals surface area contributed by atoms with Crippen LogP contribution in [-0.2, 0) is 28.3 Å². The van der Waals surface area contributed by atoms with Crippen LogP contribution in [0.15, 0.2) is 47.4 Å². The SMILES string of the molecule is CCc1ccc(O)cc1[C@@]1(CCNCCc2ccc(S(N)(=O)=O)cc2)CCN(C)C(C)[C@@H]1C. The second-order valence-corrected chi connectivity index (χ2v) is 11.1. The van der Waals surface area contributed by atoms with E-state index in [0.29, 0.717) is 17.7 Å². The summed E-state index contributed by atoms with van der Waals surface area (Å²) < 4.78 is 22.8. The number of phenolic OH excluding ortho intramolecular Hbond substituents is 1. The first-order valence-corrected chi connectivity index (χ1v) is 13.5. The van der Waals surface area contributed by atoms with E-state index in [1.54, 1.807) is 18.2 Å². The van der Waals surface area contributed by atoms with Gasteiger partial charge in [0, 0.05) is 11.5 Å². The Kier molecular flexibility index (Phi) is 8.22. The zero-order valence-electron chi connectivity index (χ0n) is 20.3. The molecule has 0 radical (unpaired) electrons. The molecule has 4 N–H and O–H groups in total. The number of likely N-dealkylation sites (tertiary alicyclic amines) is 1. The number of rotatable bonds is 9. The number of piperidine rings is 1. The highest BCUT2D eigenvalue weighted by atomic mass is 32.2. The number of aryl methyl sites for hydroxylation is 1. The summed E-state index contributed by atoms with van der Waals surface area (Å²) in [6, 6.07) is 13.1. The van der Waals surface area contributed by atoms with E-state index < -0.39 is 10.0 Å². The van der Waals surface area contributed by atoms with Crippen LogP contribution in [0.2, 0.25) is 0 Å². The molecule has 0 bridgehead atoms. The van der Waals surface area contributed by atoms with Crippen molar-refractivity contribution in [3.8, 4) is 5.75 Å². The van der Waals surface area contributed by atoms with Crippen molar-refractivity contribution in [2.45, 2.75) is 62.8 Å². The summed E-state index contributed by atoms with van der Waals surface area (Å²) in [5, 5.41) is 19.1. The van der Waals surface area contributed by atoms with Crippen LogP contribution in [0.5, 0.6) is 5.75 Å². The molecule has 33 heavy (non-hydrogen) atoms. The highest BCUT2D eigenvalue weighted by molar-refractivity contribution is 7.89. The summed E-state index contributed by atoms with van der Waals surface area (Å²) >= 11 is 0. The Hall–Kier alpha value is -1.93. The van der Waals surface area contributed by atoms with Gasteiger partial charge >= 0.3 is 0 Å². The van der Waals surface area contributed by atoms with E-state index in [1.807, 2.05) is 18.2 Å². The molecule has 182 valence electrons. The lowest BCUT2D eigenvalue weighted by Gasteiger charge is -2.51. The summed E-state index contributed by atoms with van der Waals surface area (Å²) in [5.74, 6) is 0.798. The summed E-state index contributed by atoms with van der Waals surface area (Å²) in [7, 11) is -1.45. The second kappa shape index (κ2) is 10.6. The average Bonchev–Trinajstić information content (AvgIpc) is 2.78. The number of sulfonamides is 1. The van der Waals surface area contributed by atoms with Gasteiger partial charge in [0.2, 0.25) is 10.0 Å². The maximum absolute atomic E-state index is 11.4. The van der Waals surface area contributed by atoms with Crippen LogP contribution in [0.1, 0.15) is 50.3 Å². The standard InChI is InChI=1S/C26H39N3O3S/c1-5-22-8-9-23(30)18-25(22)26(14-17-29(4)20(3)19(26)2)13-16-28-15-12-21-6-10-24(11-7-21)33(27,31)32/h6-11,18-20,28,30H,5,12-17H2,1-4H3,(H2,27,31,32)/t19-,20?,26-/m0/s1. The molecule has 1 heterocycles. The van der Waals surface area contributed by atoms with Crippen molar-refractivity contribution in [3.63, 3.8) is 0 Å². The Morgan fingerprint density at radius 2 is 1.85 bits per heavy atom. The lowest BCUT2D eigenvalue weighted by Crippen LogP contribution is -2.53. The minimum Gasteiger partial charge on any atom is -0.508 e. The molecule has 0 aliphatic carbocycles. The minimum atomic E-state index is -3.65. The van der Waals surface area contributed by atoms with Gasteiger partial charge in [-0.05, 0) is 106 Å². The first-order chi connectivity index (χ1) is 15.6. The van der Waals surface area contributed by atoms with Gasteiger partial charge < -0.3 is 15.3 Å². The Bertz CT molecular complexity index is 1040. The van der Waals surface area contributed by atoms with Gasteiger partial charge in [0.1, 0.15) is 5.75 Å². The molecule has 1 fully saturated rings. The average molecular weight is 474 g/mol. The van der Waals surface area contributed by atoms with E-state index in [0.717, 1.165) is 50.9 Å². The van der Waals surface area contributed by atoms with Crippen LogP contribution >= 0.6 is 0 Å². The van der Waals surface area contributed by atoms with E-state index >= 15 is 0 Å². The van der Waals surface area contributed by atoms with Gasteiger partial charge in [0.25, 0.3) is 0 Å². The zero-order valence-corrected chi connectivity index (χ0v) is 21.2. The number of hydrogen-bond acceptors (Lipinski definition) is 5. The van der Waals surface area contributed by atoms with E-state index in [1.165, 1.54) is 11.1 Å². The summed E-state index contributed by atoms with van der Waals surface area (Å²) in [6.45, 7) is 9.60. The molecule has 0 spiro atoms. The molecule has 0 amide bonds. The smallest absolute Gasteiger partial charge is 0.238 e. The number of benzene rings is 2. The first-order valence-electron chi connectivity index (χ1n) is 11.9. The van der Waals surface area contributed by atoms with Crippen molar-refractivity contribution in [2.75, 3.05) is 26.7 Å². The van der Waals surface area contributed by atoms with Crippen LogP contribution in [0, 0.1) is 5.92 Å². The third-order valence-corrected chi connectivity index (χ3v) is 8.73. The highest BCUT2D eigenvalue weighted by Gasteiger charge is 2.45. The molecular formula is C26H39N3O3S. The van der Waals surface area contributed by atoms with Gasteiger partial charge in [-0.3, -0.25) is 0 Å². The number of nitrogens with two attached hydrogens (primary N) is 1. The predicted octanol–water partition coefficient (Wildman–Crippen LogP) is 3.42. The molecule has 6 nitrogen and oxygen atoms in total. The lowest BCUT2D eigenvalue weighted by molar-refractivity contribution is 0.0579. The third kappa shape index (κ3) is 5.77. The minimum absolute atomic E-state index is 0.0140. The Morgan fingerprint density at radius 3 is 2.48 bits per heavy atom. The van der Waals surface area contributed by atoms with Gasteiger partial charge in [-0.25, -0.2) is 13.6 Å². The number of nitrogens with one attached hydrogen (secondary N) is 1. The van der Waals surface area contributed by atoms with E-state index in [2.05, 4.69) is 44.1 Å². The maximum Gasteiger partial charge on any atom is 0.238 e. The molecule has 1 aliphatic rings. The molecule has 2 aromatic rings. The van der Waals surface area contributed by atoms with E-state index in [-0.39, 0.29) is 10.3 Å². The van der Waals surface area contributed by atoms with Crippen LogP contribution in [0.3, 0.4) is 0 Å². The Labute approximate surface area is 199 Å². The third-order valence-electron chi connectivity index (χ3n) is 7.80. The van der Waals surface area contributed by atoms with Crippen LogP contribution < -0.4 is 10.5 Å². The molecular weight excluding hydrogens is 434 g/mol. The zero-order chi connectivity index (χ0) is 24.2. The second-order valence-electron chi connectivity index (χ2n) is 9.55. The number of aromatic hydroxyl groups is 1. The van der Waals surface area contributed by atoms with Gasteiger partial charge in [0.05, 0.1) is 4.90 Å². The van der Waals surface area contributed by atoms with Crippen molar-refractivity contribution in [1.29, 1.82) is 0 Å². The van der Waals surface area contributed by atoms with Crippen molar-refractivity contribution in [1.82, 2.24) is 10.2 Å². The van der Waals surface area contributed by atoms with Crippen molar-refractivity contribution < 1.29 is 13.5 Å². The first kappa shape index (κ1) is 25.7. The fraction of sp³-hybridized carbons (Fsp3) is 0.538. The molecule has 1 unspecified atom stereocenters. The monoisotopic (exact) mass is 473 g/mol. The lowest BCUT2D eigenvalue weighted by atomic mass is 9.61. The van der Waals surface area contributed by atoms with Crippen molar-refractivity contribution in [2.24, 2.45) is 11.1 Å². The van der Waals surface area contributed by atoms with Gasteiger partial charge in [0.15, 0.2) is 0 Å². The van der Waals surface area contributed by atoms with E-state index in [4.69, 9.17) is 5.14 Å². The van der Waals surface area contributed by atoms with Gasteiger partial charge in [-0.2, -0.15) is 0 Å². The van der Waals surface area contributed by atoms with Gasteiger partial charge in [-0.1, -0.05) is 32.0 Å². The number of hydrogen-bond donors (Lipinski definition) is 3. The summed E-state index contributed by atoms with van der Waals surface area (Å²) in [4.78, 5) is 2.58. The fourth-order valence-electron chi connectivity index (χ4n) is 5.37. The summed E-state index contributed by atoms with van der Waals surface area (Å²) in [6.07, 6.45) is 3.85. The van der Waals surface area contributed by atoms with Crippen LogP contribution in [-0.4, -0.2) is 51.1 Å². The molecule has 1 aliphatic heterocycles. The number of primary sulfonamides is 1. The topological polar surface area (TPSA) is 95.7 Å². The van der Waals surface area contributed by atoms with Crippen LogP contribution in [0.4, 0.5) is 0 Å². The maximum atomic E-state index is 11.4. The molecule has 0 aromatic heterocycles. The highest BCUT2D eigenvalue weighted by Crippen LogP contribution is 2.47. The quantitative estimate of drug-likeness (QED) is 0.485. The molecule has 0 saturated carbocycles. The fourth-order valence-corrected chi connectivity index (χ4v) is 5.88. The molecule has 1 saturated heterocycles. The molecule has 3 rings (SSSR count).